The van der Waals surface area contributed by atoms with Crippen molar-refractivity contribution in [3.8, 4) is 11.8 Å². The number of nitriles is 1. The van der Waals surface area contributed by atoms with E-state index in [1.54, 1.807) is 24.3 Å². The molecule has 0 saturated heterocycles. The van der Waals surface area contributed by atoms with Crippen LogP contribution < -0.4 is 10.1 Å². The lowest BCUT2D eigenvalue weighted by atomic mass is 10.0. The topological polar surface area (TPSA) is 62.1 Å². The number of para-hydroxylation sites is 1. The van der Waals surface area contributed by atoms with Gasteiger partial charge < -0.3 is 10.1 Å². The van der Waals surface area contributed by atoms with Gasteiger partial charge in [0.15, 0.2) is 6.61 Å². The lowest BCUT2D eigenvalue weighted by molar-refractivity contribution is -0.124. The molecule has 4 heteroatoms. The third-order valence-electron chi connectivity index (χ3n) is 2.96. The van der Waals surface area contributed by atoms with Crippen LogP contribution in [0.2, 0.25) is 0 Å². The predicted molar refractivity (Wildman–Crippen MR) is 73.7 cm³/mol. The van der Waals surface area contributed by atoms with Crippen LogP contribution in [0.4, 0.5) is 0 Å². The summed E-state index contributed by atoms with van der Waals surface area (Å²) < 4.78 is 5.38. The number of carbonyl (C=O) groups is 1. The number of nitrogens with one attached hydrogen (secondary N) is 1. The van der Waals surface area contributed by atoms with Crippen molar-refractivity contribution in [3.05, 3.63) is 29.8 Å². The van der Waals surface area contributed by atoms with Gasteiger partial charge in [0, 0.05) is 6.04 Å². The Balaban J connectivity index is 2.53. The molecule has 1 atom stereocenters. The number of nitrogens with zero attached hydrogens (tertiary/aromatic N) is 1. The zero-order valence-corrected chi connectivity index (χ0v) is 11.6. The highest BCUT2D eigenvalue weighted by molar-refractivity contribution is 5.77. The molecule has 0 aromatic heterocycles. The van der Waals surface area contributed by atoms with Gasteiger partial charge in [0.1, 0.15) is 11.8 Å². The normalized spacial score (nSPS) is 11.7. The Hall–Kier alpha value is -2.02. The van der Waals surface area contributed by atoms with Crippen molar-refractivity contribution in [2.75, 3.05) is 6.61 Å². The standard InChI is InChI=1S/C15H20N2O2/c1-4-13(11(2)3)17-15(18)10-19-14-8-6-5-7-12(14)9-16/h5-8,11,13H,4,10H2,1-3H3,(H,17,18). The fraction of sp³-hybridized carbons (Fsp3) is 0.467. The van der Waals surface area contributed by atoms with E-state index in [9.17, 15) is 4.79 Å². The first-order valence-electron chi connectivity index (χ1n) is 6.49. The molecule has 0 spiro atoms. The molecule has 1 aromatic rings. The fourth-order valence-corrected chi connectivity index (χ4v) is 1.82. The second kappa shape index (κ2) is 7.42. The maximum absolute atomic E-state index is 11.8. The Kier molecular flexibility index (Phi) is 5.87. The molecule has 0 aliphatic rings. The van der Waals surface area contributed by atoms with Crippen molar-refractivity contribution in [1.82, 2.24) is 5.32 Å². The zero-order chi connectivity index (χ0) is 14.3. The zero-order valence-electron chi connectivity index (χ0n) is 11.6. The lowest BCUT2D eigenvalue weighted by Gasteiger charge is -2.20. The molecule has 0 fully saturated rings. The maximum atomic E-state index is 11.8. The average Bonchev–Trinajstić information content (AvgIpc) is 2.42. The number of ether oxygens (including phenoxy) is 1. The van der Waals surface area contributed by atoms with E-state index in [0.29, 0.717) is 17.2 Å². The SMILES string of the molecule is CCC(NC(=O)COc1ccccc1C#N)C(C)C. The Labute approximate surface area is 114 Å². The summed E-state index contributed by atoms with van der Waals surface area (Å²) >= 11 is 0. The van der Waals surface area contributed by atoms with Crippen LogP contribution in [0.1, 0.15) is 32.8 Å². The monoisotopic (exact) mass is 260 g/mol. The van der Waals surface area contributed by atoms with Gasteiger partial charge in [0.2, 0.25) is 0 Å². The number of carbonyl (C=O) groups excluding carboxylic acids is 1. The minimum atomic E-state index is -0.159. The molecule has 0 bridgehead atoms. The number of hydrogen-bond acceptors (Lipinski definition) is 3. The van der Waals surface area contributed by atoms with Crippen molar-refractivity contribution in [2.24, 2.45) is 5.92 Å². The first kappa shape index (κ1) is 15.0. The molecule has 0 saturated carbocycles. The van der Waals surface area contributed by atoms with Crippen molar-refractivity contribution in [2.45, 2.75) is 33.2 Å². The van der Waals surface area contributed by atoms with Crippen LogP contribution in [0.15, 0.2) is 24.3 Å². The van der Waals surface area contributed by atoms with Crippen molar-refractivity contribution >= 4 is 5.91 Å². The van der Waals surface area contributed by atoms with Crippen LogP contribution in [0, 0.1) is 17.2 Å². The van der Waals surface area contributed by atoms with Gasteiger partial charge in [0.05, 0.1) is 5.56 Å². The van der Waals surface area contributed by atoms with E-state index < -0.39 is 0 Å². The van der Waals surface area contributed by atoms with E-state index in [2.05, 4.69) is 19.2 Å². The van der Waals surface area contributed by atoms with Gasteiger partial charge in [-0.2, -0.15) is 5.26 Å². The number of hydrogen-bond donors (Lipinski definition) is 1. The van der Waals surface area contributed by atoms with E-state index in [1.165, 1.54) is 0 Å². The minimum absolute atomic E-state index is 0.0675. The Morgan fingerprint density at radius 2 is 2.11 bits per heavy atom. The van der Waals surface area contributed by atoms with Gasteiger partial charge in [-0.1, -0.05) is 32.9 Å². The molecule has 0 radical (unpaired) electrons. The summed E-state index contributed by atoms with van der Waals surface area (Å²) in [5.41, 5.74) is 0.436. The van der Waals surface area contributed by atoms with Crippen LogP contribution in [0.25, 0.3) is 0 Å². The second-order valence-corrected chi connectivity index (χ2v) is 4.72. The first-order chi connectivity index (χ1) is 9.08. The summed E-state index contributed by atoms with van der Waals surface area (Å²) in [7, 11) is 0. The van der Waals surface area contributed by atoms with Crippen LogP contribution >= 0.6 is 0 Å². The quantitative estimate of drug-likeness (QED) is 0.854. The summed E-state index contributed by atoms with van der Waals surface area (Å²) in [5.74, 6) is 0.673. The Bertz CT molecular complexity index is 463. The lowest BCUT2D eigenvalue weighted by Crippen LogP contribution is -2.40. The minimum Gasteiger partial charge on any atom is -0.482 e. The fourth-order valence-electron chi connectivity index (χ4n) is 1.82. The highest BCUT2D eigenvalue weighted by Gasteiger charge is 2.14. The molecule has 19 heavy (non-hydrogen) atoms. The predicted octanol–water partition coefficient (Wildman–Crippen LogP) is 2.49. The van der Waals surface area contributed by atoms with Crippen LogP contribution in [0.3, 0.4) is 0 Å². The van der Waals surface area contributed by atoms with E-state index in [1.807, 2.05) is 13.0 Å². The van der Waals surface area contributed by atoms with Gasteiger partial charge in [-0.15, -0.1) is 0 Å². The van der Waals surface area contributed by atoms with Crippen LogP contribution in [0.5, 0.6) is 5.75 Å². The van der Waals surface area contributed by atoms with Gasteiger partial charge >= 0.3 is 0 Å². The first-order valence-corrected chi connectivity index (χ1v) is 6.49. The van der Waals surface area contributed by atoms with Gasteiger partial charge in [0.25, 0.3) is 5.91 Å². The molecule has 0 aliphatic carbocycles. The molecule has 102 valence electrons. The Morgan fingerprint density at radius 3 is 2.68 bits per heavy atom. The third-order valence-corrected chi connectivity index (χ3v) is 2.96. The smallest absolute Gasteiger partial charge is 0.258 e. The molecule has 1 rings (SSSR count). The molecule has 0 aliphatic heterocycles. The Morgan fingerprint density at radius 1 is 1.42 bits per heavy atom. The molecule has 1 unspecified atom stereocenters. The largest absolute Gasteiger partial charge is 0.482 e. The van der Waals surface area contributed by atoms with Crippen molar-refractivity contribution in [1.29, 1.82) is 5.26 Å². The van der Waals surface area contributed by atoms with Gasteiger partial charge in [-0.05, 0) is 24.5 Å². The molecule has 1 aromatic carbocycles. The highest BCUT2D eigenvalue weighted by atomic mass is 16.5. The summed E-state index contributed by atoms with van der Waals surface area (Å²) in [6, 6.07) is 9.07. The van der Waals surface area contributed by atoms with E-state index in [0.717, 1.165) is 6.42 Å². The molecular weight excluding hydrogens is 240 g/mol. The van der Waals surface area contributed by atoms with Crippen molar-refractivity contribution in [3.63, 3.8) is 0 Å². The van der Waals surface area contributed by atoms with Gasteiger partial charge in [-0.3, -0.25) is 4.79 Å². The van der Waals surface area contributed by atoms with Gasteiger partial charge in [-0.25, -0.2) is 0 Å². The summed E-state index contributed by atoms with van der Waals surface area (Å²) in [5, 5.41) is 11.8. The number of benzene rings is 1. The third kappa shape index (κ3) is 4.63. The van der Waals surface area contributed by atoms with Crippen molar-refractivity contribution < 1.29 is 9.53 Å². The average molecular weight is 260 g/mol. The van der Waals surface area contributed by atoms with Crippen LogP contribution in [-0.2, 0) is 4.79 Å². The number of amides is 1. The summed E-state index contributed by atoms with van der Waals surface area (Å²) in [6.07, 6.45) is 0.887. The highest BCUT2D eigenvalue weighted by Crippen LogP contribution is 2.16. The van der Waals surface area contributed by atoms with E-state index >= 15 is 0 Å². The van der Waals surface area contributed by atoms with E-state index in [4.69, 9.17) is 10.00 Å². The maximum Gasteiger partial charge on any atom is 0.258 e. The summed E-state index contributed by atoms with van der Waals surface area (Å²) in [4.78, 5) is 11.8. The molecular formula is C15H20N2O2. The van der Waals surface area contributed by atoms with Crippen LogP contribution in [-0.4, -0.2) is 18.6 Å². The van der Waals surface area contributed by atoms with E-state index in [-0.39, 0.29) is 18.6 Å². The molecule has 4 nitrogen and oxygen atoms in total. The molecule has 1 N–H and O–H groups in total. The number of rotatable bonds is 6. The molecule has 0 heterocycles. The second-order valence-electron chi connectivity index (χ2n) is 4.72. The molecule has 1 amide bonds. The summed E-state index contributed by atoms with van der Waals surface area (Å²) in [6.45, 7) is 6.11.